The van der Waals surface area contributed by atoms with Gasteiger partial charge in [-0.15, -0.1) is 0 Å². The molecule has 208 valence electrons. The van der Waals surface area contributed by atoms with E-state index in [1.165, 1.54) is 0 Å². The number of halogens is 1. The van der Waals surface area contributed by atoms with Crippen LogP contribution in [0.15, 0.2) is 65.5 Å². The number of fused-ring (bicyclic) bond motifs is 4. The first kappa shape index (κ1) is 26.4. The van der Waals surface area contributed by atoms with Crippen LogP contribution in [0.2, 0.25) is 5.02 Å². The van der Waals surface area contributed by atoms with Gasteiger partial charge in [0.05, 0.1) is 17.5 Å². The zero-order valence-electron chi connectivity index (χ0n) is 22.1. The summed E-state index contributed by atoms with van der Waals surface area (Å²) in [5.41, 5.74) is 3.53. The highest BCUT2D eigenvalue weighted by atomic mass is 35.5. The Morgan fingerprint density at radius 3 is 2.65 bits per heavy atom. The van der Waals surface area contributed by atoms with E-state index in [1.807, 2.05) is 22.8 Å². The lowest BCUT2D eigenvalue weighted by Crippen LogP contribution is -2.47. The molecule has 0 spiro atoms. The largest absolute Gasteiger partial charge is 0.376 e. The highest BCUT2D eigenvalue weighted by Gasteiger charge is 2.35. The van der Waals surface area contributed by atoms with Crippen LogP contribution in [0.5, 0.6) is 0 Å². The zero-order valence-corrected chi connectivity index (χ0v) is 22.8. The van der Waals surface area contributed by atoms with Crippen molar-refractivity contribution in [2.24, 2.45) is 5.92 Å². The van der Waals surface area contributed by atoms with Gasteiger partial charge in [0.1, 0.15) is 0 Å². The first-order valence-corrected chi connectivity index (χ1v) is 14.1. The molecule has 0 aliphatic carbocycles. The van der Waals surface area contributed by atoms with Crippen LogP contribution in [0.3, 0.4) is 0 Å². The molecule has 10 heteroatoms. The maximum Gasteiger partial charge on any atom is 0.323 e. The Morgan fingerprint density at radius 2 is 1.85 bits per heavy atom. The van der Waals surface area contributed by atoms with E-state index in [1.54, 1.807) is 42.5 Å². The minimum atomic E-state index is -0.422. The molecule has 2 aromatic carbocycles. The van der Waals surface area contributed by atoms with Gasteiger partial charge in [-0.1, -0.05) is 17.7 Å². The lowest BCUT2D eigenvalue weighted by molar-refractivity contribution is 0.0858. The molecule has 1 aromatic heterocycles. The minimum absolute atomic E-state index is 0.0362. The third-order valence-corrected chi connectivity index (χ3v) is 8.20. The van der Waals surface area contributed by atoms with E-state index in [0.29, 0.717) is 47.5 Å². The van der Waals surface area contributed by atoms with Crippen LogP contribution in [0.4, 0.5) is 21.9 Å². The van der Waals surface area contributed by atoms with Crippen LogP contribution < -0.4 is 26.4 Å². The van der Waals surface area contributed by atoms with Crippen molar-refractivity contribution in [2.45, 2.75) is 37.8 Å². The molecule has 2 fully saturated rings. The van der Waals surface area contributed by atoms with E-state index in [4.69, 9.17) is 16.3 Å². The van der Waals surface area contributed by atoms with E-state index < -0.39 is 6.03 Å². The fourth-order valence-corrected chi connectivity index (χ4v) is 6.20. The van der Waals surface area contributed by atoms with E-state index in [-0.39, 0.29) is 23.5 Å². The maximum absolute atomic E-state index is 13.1. The quantitative estimate of drug-likeness (QED) is 0.405. The summed E-state index contributed by atoms with van der Waals surface area (Å²) in [6, 6.07) is 17.3. The topological polar surface area (TPSA) is 105 Å². The number of aromatic nitrogens is 1. The lowest BCUT2D eigenvalue weighted by atomic mass is 9.83. The Balaban J connectivity index is 1.25. The molecule has 3 aliphatic rings. The van der Waals surface area contributed by atoms with Crippen molar-refractivity contribution < 1.29 is 14.3 Å². The molecule has 0 radical (unpaired) electrons. The molecule has 2 saturated heterocycles. The standard InChI is InChI=1S/C30H32ClN5O4/c31-22-7-9-23(10-8-22)33-30(39)34-25-14-20(29(38)32-15-24-3-2-12-40-24)6-11-27(25)35-16-19-13-21(18-35)26-4-1-5-28(37)36(26)17-19/h1,4-11,14,19,21,24H,2-3,12-13,15-18H2,(H,32,38)(H2,33,34,39)/t19-,21+,24-/m1/s1. The Labute approximate surface area is 237 Å². The number of carbonyl (C=O) groups is 2. The van der Waals surface area contributed by atoms with E-state index in [0.717, 1.165) is 43.8 Å². The number of hydrogen-bond acceptors (Lipinski definition) is 5. The predicted molar refractivity (Wildman–Crippen MR) is 156 cm³/mol. The first-order valence-electron chi connectivity index (χ1n) is 13.7. The van der Waals surface area contributed by atoms with Crippen molar-refractivity contribution >= 4 is 40.6 Å². The van der Waals surface area contributed by atoms with Gasteiger partial charge in [0, 0.05) is 66.7 Å². The number of ether oxygens (including phenoxy) is 1. The van der Waals surface area contributed by atoms with Gasteiger partial charge in [-0.2, -0.15) is 0 Å². The monoisotopic (exact) mass is 561 g/mol. The smallest absolute Gasteiger partial charge is 0.323 e. The van der Waals surface area contributed by atoms with E-state index >= 15 is 0 Å². The SMILES string of the molecule is O=C(Nc1ccc(Cl)cc1)Nc1cc(C(=O)NC[C@H]2CCCO2)ccc1N1C[C@H]2C[C@@H](C1)c1cccc(=O)n1C2. The number of rotatable bonds is 6. The highest BCUT2D eigenvalue weighted by molar-refractivity contribution is 6.30. The minimum Gasteiger partial charge on any atom is -0.376 e. The normalized spacial score (nSPS) is 21.4. The van der Waals surface area contributed by atoms with Crippen LogP contribution >= 0.6 is 11.6 Å². The fourth-order valence-electron chi connectivity index (χ4n) is 6.08. The molecule has 0 saturated carbocycles. The molecule has 9 nitrogen and oxygen atoms in total. The van der Waals surface area contributed by atoms with Gasteiger partial charge in [0.25, 0.3) is 11.5 Å². The van der Waals surface area contributed by atoms with Gasteiger partial charge in [-0.05, 0) is 73.7 Å². The second-order valence-corrected chi connectivity index (χ2v) is 11.2. The first-order chi connectivity index (χ1) is 19.4. The molecule has 0 unspecified atom stereocenters. The van der Waals surface area contributed by atoms with Crippen molar-refractivity contribution in [3.63, 3.8) is 0 Å². The number of carbonyl (C=O) groups excluding carboxylic acids is 2. The Morgan fingerprint density at radius 1 is 1.00 bits per heavy atom. The van der Waals surface area contributed by atoms with Gasteiger partial charge >= 0.3 is 6.03 Å². The van der Waals surface area contributed by atoms with Gasteiger partial charge < -0.3 is 30.2 Å². The van der Waals surface area contributed by atoms with Crippen LogP contribution in [0, 0.1) is 5.92 Å². The van der Waals surface area contributed by atoms with Crippen molar-refractivity contribution in [1.82, 2.24) is 9.88 Å². The zero-order chi connectivity index (χ0) is 27.6. The average molecular weight is 562 g/mol. The number of urea groups is 1. The summed E-state index contributed by atoms with van der Waals surface area (Å²) in [4.78, 5) is 40.8. The van der Waals surface area contributed by atoms with Crippen molar-refractivity contribution in [2.75, 3.05) is 41.8 Å². The van der Waals surface area contributed by atoms with Crippen LogP contribution in [0.1, 0.15) is 41.2 Å². The molecule has 3 atom stereocenters. The van der Waals surface area contributed by atoms with Gasteiger partial charge in [-0.3, -0.25) is 9.59 Å². The third-order valence-electron chi connectivity index (χ3n) is 7.94. The second kappa shape index (κ2) is 11.3. The van der Waals surface area contributed by atoms with Crippen molar-refractivity contribution in [3.8, 4) is 0 Å². The summed E-state index contributed by atoms with van der Waals surface area (Å²) in [6.07, 6.45) is 2.99. The average Bonchev–Trinajstić information content (AvgIpc) is 3.47. The summed E-state index contributed by atoms with van der Waals surface area (Å²) in [6.45, 7) is 3.30. The Bertz CT molecular complexity index is 1470. The molecule has 3 aliphatic heterocycles. The molecule has 4 heterocycles. The number of anilines is 3. The molecular weight excluding hydrogens is 530 g/mol. The molecule has 3 aromatic rings. The summed E-state index contributed by atoms with van der Waals surface area (Å²) < 4.78 is 7.53. The van der Waals surface area contributed by atoms with Crippen molar-refractivity contribution in [1.29, 1.82) is 0 Å². The molecule has 2 bridgehead atoms. The van der Waals surface area contributed by atoms with Crippen LogP contribution in [0.25, 0.3) is 0 Å². The predicted octanol–water partition coefficient (Wildman–Crippen LogP) is 4.68. The number of nitrogens with one attached hydrogen (secondary N) is 3. The van der Waals surface area contributed by atoms with Crippen LogP contribution in [-0.2, 0) is 11.3 Å². The molecule has 3 N–H and O–H groups in total. The summed E-state index contributed by atoms with van der Waals surface area (Å²) in [5, 5.41) is 9.35. The Kier molecular flexibility index (Phi) is 7.49. The number of pyridine rings is 1. The van der Waals surface area contributed by atoms with Crippen LogP contribution in [-0.4, -0.2) is 48.9 Å². The van der Waals surface area contributed by atoms with E-state index in [2.05, 4.69) is 20.9 Å². The summed E-state index contributed by atoms with van der Waals surface area (Å²) >= 11 is 5.98. The maximum atomic E-state index is 13.1. The second-order valence-electron chi connectivity index (χ2n) is 10.8. The number of amides is 3. The molecule has 40 heavy (non-hydrogen) atoms. The summed E-state index contributed by atoms with van der Waals surface area (Å²) in [5.74, 6) is 0.287. The number of hydrogen-bond donors (Lipinski definition) is 3. The summed E-state index contributed by atoms with van der Waals surface area (Å²) in [7, 11) is 0. The Hall–Kier alpha value is -3.82. The van der Waals surface area contributed by atoms with Crippen molar-refractivity contribution in [3.05, 3.63) is 87.3 Å². The van der Waals surface area contributed by atoms with Gasteiger partial charge in [0.15, 0.2) is 0 Å². The number of piperidine rings is 1. The molecule has 6 rings (SSSR count). The van der Waals surface area contributed by atoms with E-state index in [9.17, 15) is 14.4 Å². The third kappa shape index (κ3) is 5.71. The lowest BCUT2D eigenvalue weighted by Gasteiger charge is -2.44. The molecule has 3 amide bonds. The fraction of sp³-hybridized carbons (Fsp3) is 0.367. The highest BCUT2D eigenvalue weighted by Crippen LogP contribution is 2.39. The van der Waals surface area contributed by atoms with Gasteiger partial charge in [-0.25, -0.2) is 4.79 Å². The van der Waals surface area contributed by atoms with Gasteiger partial charge in [0.2, 0.25) is 0 Å². The molecular formula is C30H32ClN5O4. The number of nitrogens with zero attached hydrogens (tertiary/aromatic N) is 2. The number of benzene rings is 2.